The van der Waals surface area contributed by atoms with Crippen molar-refractivity contribution in [3.05, 3.63) is 88.7 Å². The Kier molecular flexibility index (Phi) is 7.02. The second kappa shape index (κ2) is 10.4. The van der Waals surface area contributed by atoms with Gasteiger partial charge in [-0.15, -0.1) is 10.2 Å². The highest BCUT2D eigenvalue weighted by Crippen LogP contribution is 2.43. The van der Waals surface area contributed by atoms with Crippen LogP contribution in [0.2, 0.25) is 0 Å². The minimum atomic E-state index is -4.94. The van der Waals surface area contributed by atoms with Crippen LogP contribution in [0.5, 0.6) is 0 Å². The summed E-state index contributed by atoms with van der Waals surface area (Å²) in [4.78, 5) is 26.8. The van der Waals surface area contributed by atoms with Gasteiger partial charge in [-0.2, -0.15) is 8.42 Å². The van der Waals surface area contributed by atoms with Crippen LogP contribution in [0.25, 0.3) is 5.76 Å². The van der Waals surface area contributed by atoms with Gasteiger partial charge in [-0.3, -0.25) is 14.1 Å². The summed E-state index contributed by atoms with van der Waals surface area (Å²) < 4.78 is 35.4. The van der Waals surface area contributed by atoms with E-state index in [-0.39, 0.29) is 45.2 Å². The highest BCUT2D eigenvalue weighted by Gasteiger charge is 2.38. The number of rotatable bonds is 6. The zero-order valence-corrected chi connectivity index (χ0v) is 21.5. The molecule has 39 heavy (non-hydrogen) atoms. The zero-order chi connectivity index (χ0) is 27.7. The molecule has 5 rings (SSSR count). The Bertz CT molecular complexity index is 1660. The lowest BCUT2D eigenvalue weighted by atomic mass is 9.82. The third-order valence-corrected chi connectivity index (χ3v) is 7.81. The number of carbonyl (C=O) groups is 2. The summed E-state index contributed by atoms with van der Waals surface area (Å²) in [6.45, 7) is 0. The summed E-state index contributed by atoms with van der Waals surface area (Å²) in [5.41, 5.74) is -0.359. The van der Waals surface area contributed by atoms with Gasteiger partial charge in [0.1, 0.15) is 16.8 Å². The van der Waals surface area contributed by atoms with Gasteiger partial charge < -0.3 is 15.5 Å². The average molecular weight is 548 g/mol. The molecule has 3 aromatic carbocycles. The van der Waals surface area contributed by atoms with Crippen LogP contribution >= 0.6 is 0 Å². The van der Waals surface area contributed by atoms with Crippen molar-refractivity contribution >= 4 is 44.5 Å². The molecule has 1 saturated carbocycles. The zero-order valence-electron chi connectivity index (χ0n) is 20.7. The minimum absolute atomic E-state index is 0.0368. The normalized spacial score (nSPS) is 16.3. The molecule has 0 aliphatic heterocycles. The highest BCUT2D eigenvalue weighted by molar-refractivity contribution is 7.86. The maximum atomic E-state index is 13.8. The molecule has 0 radical (unpaired) electrons. The first-order valence-corrected chi connectivity index (χ1v) is 13.8. The number of hydrogen-bond acceptors (Lipinski definition) is 9. The van der Waals surface area contributed by atoms with E-state index in [2.05, 4.69) is 15.5 Å². The first kappa shape index (κ1) is 26.3. The summed E-state index contributed by atoms with van der Waals surface area (Å²) in [5, 5.41) is 30.6. The van der Waals surface area contributed by atoms with Gasteiger partial charge in [-0.1, -0.05) is 55.7 Å². The topological polar surface area (TPSA) is 166 Å². The van der Waals surface area contributed by atoms with Crippen molar-refractivity contribution in [3.8, 4) is 0 Å². The van der Waals surface area contributed by atoms with Gasteiger partial charge in [0.25, 0.3) is 10.1 Å². The lowest BCUT2D eigenvalue weighted by Crippen LogP contribution is -2.27. The van der Waals surface area contributed by atoms with E-state index >= 15 is 0 Å². The van der Waals surface area contributed by atoms with E-state index in [1.165, 1.54) is 24.3 Å². The van der Waals surface area contributed by atoms with Gasteiger partial charge in [0.2, 0.25) is 0 Å². The number of azo groups is 1. The Hall–Kier alpha value is -4.35. The Balaban J connectivity index is 1.77. The molecule has 1 fully saturated rings. The third-order valence-electron chi connectivity index (χ3n) is 6.94. The molecule has 10 nitrogen and oxygen atoms in total. The van der Waals surface area contributed by atoms with E-state index in [1.807, 2.05) is 0 Å². The number of nitrogens with zero attached hydrogens (tertiary/aromatic N) is 2. The van der Waals surface area contributed by atoms with Crippen LogP contribution in [0.4, 0.5) is 17.1 Å². The monoisotopic (exact) mass is 547 g/mol. The lowest BCUT2D eigenvalue weighted by Gasteiger charge is -2.28. The fraction of sp³-hybridized carbons (Fsp3) is 0.214. The molecule has 2 aliphatic carbocycles. The molecule has 0 spiro atoms. The number of nitrogens with one attached hydrogen (secondary N) is 1. The smallest absolute Gasteiger partial charge is 0.296 e. The average Bonchev–Trinajstić information content (AvgIpc) is 2.94. The first-order valence-electron chi connectivity index (χ1n) is 12.4. The van der Waals surface area contributed by atoms with Crippen LogP contribution in [0.3, 0.4) is 0 Å². The molecule has 0 bridgehead atoms. The number of benzene rings is 3. The number of anilines is 1. The Morgan fingerprint density at radius 3 is 2.15 bits per heavy atom. The maximum Gasteiger partial charge on any atom is 0.296 e. The third kappa shape index (κ3) is 4.93. The second-order valence-corrected chi connectivity index (χ2v) is 10.8. The van der Waals surface area contributed by atoms with Gasteiger partial charge in [-0.25, -0.2) is 0 Å². The number of ketones is 2. The standard InChI is InChI=1S/C28H25N3O7S/c32-15-22(33)19-12-6-7-13-20(19)30-31-26-23(39(36,37)38)14-21(29-16-8-2-1-3-9-16)24-25(26)28(35)18-11-5-4-10-17(18)27(24)34/h4-7,10-16,29,32-33H,1-3,8-9H2,(H,36,37,38)/b22-15-,31-30?. The number of aliphatic hydroxyl groups is 2. The van der Waals surface area contributed by atoms with Crippen molar-refractivity contribution in [2.24, 2.45) is 10.2 Å². The van der Waals surface area contributed by atoms with E-state index in [9.17, 15) is 32.8 Å². The molecule has 0 atom stereocenters. The van der Waals surface area contributed by atoms with Crippen LogP contribution in [0, 0.1) is 0 Å². The Labute approximate surface area is 224 Å². The van der Waals surface area contributed by atoms with E-state index in [1.54, 1.807) is 24.3 Å². The van der Waals surface area contributed by atoms with Crippen LogP contribution < -0.4 is 5.32 Å². The number of hydrogen-bond donors (Lipinski definition) is 4. The number of fused-ring (bicyclic) bond motifs is 2. The summed E-state index contributed by atoms with van der Waals surface area (Å²) >= 11 is 0. The van der Waals surface area contributed by atoms with Crippen LogP contribution in [0.15, 0.2) is 76.0 Å². The van der Waals surface area contributed by atoms with E-state index < -0.39 is 38.0 Å². The molecule has 3 aromatic rings. The number of aliphatic hydroxyl groups excluding tert-OH is 2. The quantitative estimate of drug-likeness (QED) is 0.124. The van der Waals surface area contributed by atoms with Gasteiger partial charge in [0.05, 0.1) is 16.8 Å². The van der Waals surface area contributed by atoms with Gasteiger partial charge >= 0.3 is 0 Å². The van der Waals surface area contributed by atoms with Crippen molar-refractivity contribution in [3.63, 3.8) is 0 Å². The van der Waals surface area contributed by atoms with Gasteiger partial charge in [0.15, 0.2) is 17.3 Å². The van der Waals surface area contributed by atoms with Crippen molar-refractivity contribution < 1.29 is 32.8 Å². The molecule has 0 saturated heterocycles. The SMILES string of the molecule is O=C1c2ccccc2C(=O)c2c(N=Nc3ccccc3/C(O)=C/O)c(S(=O)(=O)O)cc(NC3CCCCC3)c21. The predicted octanol–water partition coefficient (Wildman–Crippen LogP) is 6.28. The maximum absolute atomic E-state index is 13.8. The van der Waals surface area contributed by atoms with E-state index in [0.29, 0.717) is 6.26 Å². The molecule has 0 amide bonds. The van der Waals surface area contributed by atoms with Crippen molar-refractivity contribution in [1.29, 1.82) is 0 Å². The van der Waals surface area contributed by atoms with Gasteiger partial charge in [-0.05, 0) is 31.0 Å². The largest absolute Gasteiger partial charge is 0.512 e. The second-order valence-electron chi connectivity index (χ2n) is 9.41. The molecule has 11 heteroatoms. The van der Waals surface area contributed by atoms with Crippen LogP contribution in [-0.4, -0.2) is 40.8 Å². The highest BCUT2D eigenvalue weighted by atomic mass is 32.2. The summed E-state index contributed by atoms with van der Waals surface area (Å²) in [5.74, 6) is -1.65. The fourth-order valence-electron chi connectivity index (χ4n) is 5.08. The van der Waals surface area contributed by atoms with Crippen molar-refractivity contribution in [2.75, 3.05) is 5.32 Å². The molecule has 2 aliphatic rings. The first-order chi connectivity index (χ1) is 18.7. The van der Waals surface area contributed by atoms with E-state index in [0.717, 1.165) is 38.2 Å². The molecule has 200 valence electrons. The molecule has 0 heterocycles. The summed E-state index contributed by atoms with van der Waals surface area (Å²) in [6, 6.07) is 13.3. The molecule has 4 N–H and O–H groups in total. The van der Waals surface area contributed by atoms with E-state index in [4.69, 9.17) is 0 Å². The minimum Gasteiger partial charge on any atom is -0.512 e. The van der Waals surface area contributed by atoms with Gasteiger partial charge in [0, 0.05) is 28.4 Å². The predicted molar refractivity (Wildman–Crippen MR) is 144 cm³/mol. The van der Waals surface area contributed by atoms with Crippen molar-refractivity contribution in [1.82, 2.24) is 0 Å². The fourth-order valence-corrected chi connectivity index (χ4v) is 5.73. The lowest BCUT2D eigenvalue weighted by molar-refractivity contribution is 0.0980. The Morgan fingerprint density at radius 1 is 0.897 bits per heavy atom. The van der Waals surface area contributed by atoms with Crippen molar-refractivity contribution in [2.45, 2.75) is 43.0 Å². The number of carbonyl (C=O) groups excluding carboxylic acids is 2. The van der Waals surface area contributed by atoms with Crippen LogP contribution in [0.1, 0.15) is 69.5 Å². The summed E-state index contributed by atoms with van der Waals surface area (Å²) in [6.07, 6.45) is 5.05. The summed E-state index contributed by atoms with van der Waals surface area (Å²) in [7, 11) is -4.94. The van der Waals surface area contributed by atoms with Crippen LogP contribution in [-0.2, 0) is 10.1 Å². The molecule has 0 unspecified atom stereocenters. The molecular weight excluding hydrogens is 522 g/mol. The Morgan fingerprint density at radius 2 is 1.51 bits per heavy atom. The molecule has 0 aromatic heterocycles. The molecular formula is C28H25N3O7S.